The number of aryl methyl sites for hydroxylation is 2. The van der Waals surface area contributed by atoms with Gasteiger partial charge in [0.2, 0.25) is 0 Å². The lowest BCUT2D eigenvalue weighted by molar-refractivity contribution is 0.423. The summed E-state index contributed by atoms with van der Waals surface area (Å²) < 4.78 is 2.08. The van der Waals surface area contributed by atoms with Gasteiger partial charge in [-0.1, -0.05) is 12.8 Å². The predicted octanol–water partition coefficient (Wildman–Crippen LogP) is 3.39. The van der Waals surface area contributed by atoms with Crippen LogP contribution in [0.2, 0.25) is 0 Å². The summed E-state index contributed by atoms with van der Waals surface area (Å²) in [6.07, 6.45) is 5.38. The summed E-state index contributed by atoms with van der Waals surface area (Å²) in [7, 11) is 2.08. The van der Waals surface area contributed by atoms with Gasteiger partial charge in [0.05, 0.1) is 5.69 Å². The molecule has 120 valence electrons. The Kier molecular flexibility index (Phi) is 4.97. The van der Waals surface area contributed by atoms with Crippen LogP contribution in [0.1, 0.15) is 64.6 Å². The third-order valence-corrected chi connectivity index (χ3v) is 4.49. The molecule has 4 nitrogen and oxygen atoms in total. The molecule has 0 spiro atoms. The molecule has 0 unspecified atom stereocenters. The fraction of sp³-hybridized carbons (Fsp3) is 0.824. The van der Waals surface area contributed by atoms with Crippen molar-refractivity contribution >= 4 is 5.82 Å². The first kappa shape index (κ1) is 16.3. The molecule has 0 atom stereocenters. The predicted molar refractivity (Wildman–Crippen MR) is 89.8 cm³/mol. The maximum Gasteiger partial charge on any atom is 0.131 e. The molecule has 0 aliphatic heterocycles. The summed E-state index contributed by atoms with van der Waals surface area (Å²) in [6, 6.07) is 0.693. The number of aromatic nitrogens is 2. The molecule has 0 saturated heterocycles. The van der Waals surface area contributed by atoms with Crippen molar-refractivity contribution < 1.29 is 0 Å². The monoisotopic (exact) mass is 292 g/mol. The van der Waals surface area contributed by atoms with Crippen LogP contribution in [0, 0.1) is 6.92 Å². The summed E-state index contributed by atoms with van der Waals surface area (Å²) >= 11 is 0. The van der Waals surface area contributed by atoms with Crippen LogP contribution in [-0.4, -0.2) is 27.9 Å². The van der Waals surface area contributed by atoms with Crippen molar-refractivity contribution in [1.29, 1.82) is 0 Å². The normalized spacial score (nSPS) is 16.7. The second-order valence-electron chi connectivity index (χ2n) is 7.34. The van der Waals surface area contributed by atoms with Gasteiger partial charge in [0.1, 0.15) is 5.82 Å². The summed E-state index contributed by atoms with van der Waals surface area (Å²) in [4.78, 5) is 2.58. The zero-order valence-electron chi connectivity index (χ0n) is 14.7. The lowest BCUT2D eigenvalue weighted by Gasteiger charge is -2.31. The van der Waals surface area contributed by atoms with E-state index in [1.165, 1.54) is 37.1 Å². The summed E-state index contributed by atoms with van der Waals surface area (Å²) in [5.41, 5.74) is 2.64. The molecule has 1 aliphatic carbocycles. The van der Waals surface area contributed by atoms with E-state index in [-0.39, 0.29) is 5.54 Å². The summed E-state index contributed by atoms with van der Waals surface area (Å²) in [5.74, 6) is 1.32. The first-order chi connectivity index (χ1) is 9.83. The smallest absolute Gasteiger partial charge is 0.131 e. The highest BCUT2D eigenvalue weighted by atomic mass is 15.4. The molecule has 1 fully saturated rings. The number of hydrogen-bond acceptors (Lipinski definition) is 3. The molecule has 1 heterocycles. The van der Waals surface area contributed by atoms with Crippen molar-refractivity contribution in [1.82, 2.24) is 15.1 Å². The van der Waals surface area contributed by atoms with E-state index >= 15 is 0 Å². The lowest BCUT2D eigenvalue weighted by atomic mass is 10.1. The first-order valence-electron chi connectivity index (χ1n) is 8.37. The van der Waals surface area contributed by atoms with Gasteiger partial charge in [-0.15, -0.1) is 0 Å². The van der Waals surface area contributed by atoms with Gasteiger partial charge in [-0.3, -0.25) is 4.68 Å². The van der Waals surface area contributed by atoms with E-state index in [2.05, 4.69) is 61.7 Å². The molecule has 4 heteroatoms. The zero-order valence-corrected chi connectivity index (χ0v) is 14.7. The van der Waals surface area contributed by atoms with E-state index in [4.69, 9.17) is 0 Å². The van der Waals surface area contributed by atoms with Crippen molar-refractivity contribution in [3.63, 3.8) is 0 Å². The van der Waals surface area contributed by atoms with Crippen LogP contribution in [0.4, 0.5) is 5.82 Å². The maximum absolute atomic E-state index is 4.69. The van der Waals surface area contributed by atoms with Crippen LogP contribution in [0.25, 0.3) is 0 Å². The first-order valence-corrected chi connectivity index (χ1v) is 8.37. The molecule has 1 aromatic heterocycles. The third kappa shape index (κ3) is 3.79. The van der Waals surface area contributed by atoms with E-state index in [9.17, 15) is 0 Å². The van der Waals surface area contributed by atoms with Crippen LogP contribution >= 0.6 is 0 Å². The van der Waals surface area contributed by atoms with E-state index in [0.717, 1.165) is 18.8 Å². The zero-order chi connectivity index (χ0) is 15.6. The summed E-state index contributed by atoms with van der Waals surface area (Å²) in [6.45, 7) is 13.0. The minimum Gasteiger partial charge on any atom is -0.354 e. The largest absolute Gasteiger partial charge is 0.354 e. The Balaban J connectivity index is 2.28. The van der Waals surface area contributed by atoms with Crippen molar-refractivity contribution in [3.8, 4) is 0 Å². The van der Waals surface area contributed by atoms with Gasteiger partial charge in [-0.25, -0.2) is 0 Å². The molecule has 21 heavy (non-hydrogen) atoms. The fourth-order valence-corrected chi connectivity index (χ4v) is 3.41. The Morgan fingerprint density at radius 1 is 1.29 bits per heavy atom. The SMILES string of the molecule is CCN(c1c(CNC(C)(C)C)c(C)nn1C)C1CCCC1. The minimum atomic E-state index is 0.129. The molecule has 0 bridgehead atoms. The number of nitrogens with zero attached hydrogens (tertiary/aromatic N) is 3. The van der Waals surface area contributed by atoms with Crippen molar-refractivity contribution in [2.75, 3.05) is 11.4 Å². The molecule has 0 aromatic carbocycles. The highest BCUT2D eigenvalue weighted by Crippen LogP contribution is 2.31. The maximum atomic E-state index is 4.69. The molecular formula is C17H32N4. The van der Waals surface area contributed by atoms with Crippen LogP contribution in [0.5, 0.6) is 0 Å². The Labute approximate surface area is 129 Å². The van der Waals surface area contributed by atoms with Crippen LogP contribution in [0.3, 0.4) is 0 Å². The topological polar surface area (TPSA) is 33.1 Å². The highest BCUT2D eigenvalue weighted by Gasteiger charge is 2.27. The average Bonchev–Trinajstić information content (AvgIpc) is 2.98. The van der Waals surface area contributed by atoms with Gasteiger partial charge in [-0.05, 0) is 47.5 Å². The highest BCUT2D eigenvalue weighted by molar-refractivity contribution is 5.51. The Bertz CT molecular complexity index is 464. The number of rotatable bonds is 5. The van der Waals surface area contributed by atoms with Crippen molar-refractivity contribution in [2.24, 2.45) is 7.05 Å². The number of anilines is 1. The van der Waals surface area contributed by atoms with Crippen molar-refractivity contribution in [3.05, 3.63) is 11.3 Å². The van der Waals surface area contributed by atoms with E-state index in [1.54, 1.807) is 0 Å². The van der Waals surface area contributed by atoms with Gasteiger partial charge in [0.15, 0.2) is 0 Å². The van der Waals surface area contributed by atoms with Gasteiger partial charge in [-0.2, -0.15) is 5.10 Å². The Morgan fingerprint density at radius 3 is 2.43 bits per heavy atom. The molecule has 2 rings (SSSR count). The van der Waals surface area contributed by atoms with E-state index in [1.807, 2.05) is 0 Å². The van der Waals surface area contributed by atoms with Crippen LogP contribution < -0.4 is 10.2 Å². The van der Waals surface area contributed by atoms with Gasteiger partial charge in [0, 0.05) is 37.3 Å². The fourth-order valence-electron chi connectivity index (χ4n) is 3.41. The molecule has 1 saturated carbocycles. The molecular weight excluding hydrogens is 260 g/mol. The molecule has 0 amide bonds. The van der Waals surface area contributed by atoms with E-state index < -0.39 is 0 Å². The van der Waals surface area contributed by atoms with Crippen LogP contribution in [-0.2, 0) is 13.6 Å². The lowest BCUT2D eigenvalue weighted by Crippen LogP contribution is -2.38. The van der Waals surface area contributed by atoms with Crippen molar-refractivity contribution in [2.45, 2.75) is 78.4 Å². The molecule has 1 aliphatic rings. The quantitative estimate of drug-likeness (QED) is 0.903. The standard InChI is InChI=1S/C17H32N4/c1-7-21(14-10-8-9-11-14)16-15(12-18-17(3,4)5)13(2)19-20(16)6/h14,18H,7-12H2,1-6H3. The minimum absolute atomic E-state index is 0.129. The molecule has 0 radical (unpaired) electrons. The third-order valence-electron chi connectivity index (χ3n) is 4.49. The number of nitrogens with one attached hydrogen (secondary N) is 1. The Morgan fingerprint density at radius 2 is 1.90 bits per heavy atom. The molecule has 1 aromatic rings. The van der Waals surface area contributed by atoms with Gasteiger partial charge >= 0.3 is 0 Å². The second kappa shape index (κ2) is 6.39. The van der Waals surface area contributed by atoms with Gasteiger partial charge in [0.25, 0.3) is 0 Å². The second-order valence-corrected chi connectivity index (χ2v) is 7.34. The average molecular weight is 292 g/mol. The number of hydrogen-bond donors (Lipinski definition) is 1. The summed E-state index contributed by atoms with van der Waals surface area (Å²) in [5, 5.41) is 8.31. The van der Waals surface area contributed by atoms with E-state index in [0.29, 0.717) is 6.04 Å². The van der Waals surface area contributed by atoms with Gasteiger partial charge < -0.3 is 10.2 Å². The van der Waals surface area contributed by atoms with Crippen LogP contribution in [0.15, 0.2) is 0 Å². The molecule has 1 N–H and O–H groups in total. The Hall–Kier alpha value is -1.03.